The molecule has 1 aromatic heterocycles. The van der Waals surface area contributed by atoms with Gasteiger partial charge in [-0.3, -0.25) is 4.98 Å². The maximum atomic E-state index is 4.31. The first-order valence-electron chi connectivity index (χ1n) is 6.04. The van der Waals surface area contributed by atoms with Crippen molar-refractivity contribution in [2.45, 2.75) is 19.4 Å². The largest absolute Gasteiger partial charge is 0.310 e. The van der Waals surface area contributed by atoms with Gasteiger partial charge in [0.05, 0.1) is 0 Å². The second kappa shape index (κ2) is 6.16. The zero-order valence-electron chi connectivity index (χ0n) is 10.1. The second-order valence-corrected chi connectivity index (χ2v) is 4.16. The maximum Gasteiger partial charge on any atom is 0.0416 e. The Balaban J connectivity index is 1.79. The third kappa shape index (κ3) is 3.68. The van der Waals surface area contributed by atoms with E-state index in [0.717, 1.165) is 18.7 Å². The monoisotopic (exact) mass is 226 g/mol. The molecule has 1 N–H and O–H groups in total. The third-order valence-electron chi connectivity index (χ3n) is 2.86. The Morgan fingerprint density at radius 1 is 1.06 bits per heavy atom. The van der Waals surface area contributed by atoms with Crippen molar-refractivity contribution in [3.05, 3.63) is 66.0 Å². The van der Waals surface area contributed by atoms with Crippen molar-refractivity contribution in [1.29, 1.82) is 0 Å². The Morgan fingerprint density at radius 2 is 1.82 bits per heavy atom. The van der Waals surface area contributed by atoms with E-state index in [1.165, 1.54) is 5.56 Å². The molecule has 1 aromatic carbocycles. The molecule has 2 heteroatoms. The second-order valence-electron chi connectivity index (χ2n) is 4.16. The molecule has 0 radical (unpaired) electrons. The molecule has 0 saturated heterocycles. The van der Waals surface area contributed by atoms with E-state index in [4.69, 9.17) is 0 Å². The first-order valence-corrected chi connectivity index (χ1v) is 6.04. The number of hydrogen-bond acceptors (Lipinski definition) is 2. The molecule has 0 spiro atoms. The van der Waals surface area contributed by atoms with Gasteiger partial charge in [-0.05, 0) is 24.6 Å². The summed E-state index contributed by atoms with van der Waals surface area (Å²) in [6.07, 6.45) is 2.81. The summed E-state index contributed by atoms with van der Waals surface area (Å²) in [5, 5.41) is 3.51. The Labute approximate surface area is 103 Å². The molecule has 0 bridgehead atoms. The Morgan fingerprint density at radius 3 is 2.53 bits per heavy atom. The first-order chi connectivity index (χ1) is 8.36. The molecule has 88 valence electrons. The van der Waals surface area contributed by atoms with Crippen LogP contribution < -0.4 is 5.32 Å². The van der Waals surface area contributed by atoms with E-state index in [1.807, 2.05) is 24.4 Å². The summed E-state index contributed by atoms with van der Waals surface area (Å²) in [4.78, 5) is 4.31. The lowest BCUT2D eigenvalue weighted by Gasteiger charge is -2.13. The molecule has 0 saturated carbocycles. The molecular weight excluding hydrogens is 208 g/mol. The van der Waals surface area contributed by atoms with Crippen molar-refractivity contribution in [2.75, 3.05) is 6.54 Å². The molecule has 2 rings (SSSR count). The van der Waals surface area contributed by atoms with Crippen molar-refractivity contribution in [2.24, 2.45) is 0 Å². The highest BCUT2D eigenvalue weighted by molar-refractivity contribution is 5.18. The lowest BCUT2D eigenvalue weighted by atomic mass is 10.1. The molecule has 17 heavy (non-hydrogen) atoms. The van der Waals surface area contributed by atoms with Crippen LogP contribution in [0.3, 0.4) is 0 Å². The van der Waals surface area contributed by atoms with Crippen LogP contribution in [0.4, 0.5) is 0 Å². The number of pyridine rings is 1. The van der Waals surface area contributed by atoms with Crippen LogP contribution in [-0.4, -0.2) is 11.5 Å². The molecule has 1 unspecified atom stereocenters. The number of benzene rings is 1. The van der Waals surface area contributed by atoms with Gasteiger partial charge in [0.25, 0.3) is 0 Å². The van der Waals surface area contributed by atoms with Gasteiger partial charge in [-0.25, -0.2) is 0 Å². The molecule has 0 aliphatic rings. The SMILES string of the molecule is CC(NCCc1ccccn1)c1ccccc1. The zero-order valence-corrected chi connectivity index (χ0v) is 10.1. The van der Waals surface area contributed by atoms with E-state index in [0.29, 0.717) is 6.04 Å². The molecule has 1 heterocycles. The standard InChI is InChI=1S/C15H18N2/c1-13(14-7-3-2-4-8-14)16-12-10-15-9-5-6-11-17-15/h2-9,11,13,16H,10,12H2,1H3. The van der Waals surface area contributed by atoms with Gasteiger partial charge in [0.2, 0.25) is 0 Å². The van der Waals surface area contributed by atoms with Gasteiger partial charge in [0.15, 0.2) is 0 Å². The zero-order chi connectivity index (χ0) is 11.9. The van der Waals surface area contributed by atoms with E-state index >= 15 is 0 Å². The van der Waals surface area contributed by atoms with Crippen LogP contribution >= 0.6 is 0 Å². The van der Waals surface area contributed by atoms with Crippen LogP contribution in [0.25, 0.3) is 0 Å². The van der Waals surface area contributed by atoms with Gasteiger partial charge >= 0.3 is 0 Å². The smallest absolute Gasteiger partial charge is 0.0416 e. The number of aromatic nitrogens is 1. The van der Waals surface area contributed by atoms with Crippen molar-refractivity contribution in [3.63, 3.8) is 0 Å². The van der Waals surface area contributed by atoms with Crippen LogP contribution in [0.2, 0.25) is 0 Å². The summed E-state index contributed by atoms with van der Waals surface area (Å²) < 4.78 is 0. The summed E-state index contributed by atoms with van der Waals surface area (Å²) in [5.74, 6) is 0. The van der Waals surface area contributed by atoms with Crippen LogP contribution in [0.5, 0.6) is 0 Å². The summed E-state index contributed by atoms with van der Waals surface area (Å²) in [6, 6.07) is 16.9. The van der Waals surface area contributed by atoms with E-state index in [2.05, 4.69) is 47.6 Å². The van der Waals surface area contributed by atoms with Gasteiger partial charge in [-0.15, -0.1) is 0 Å². The summed E-state index contributed by atoms with van der Waals surface area (Å²) >= 11 is 0. The van der Waals surface area contributed by atoms with Gasteiger partial charge in [0.1, 0.15) is 0 Å². The fraction of sp³-hybridized carbons (Fsp3) is 0.267. The maximum absolute atomic E-state index is 4.31. The summed E-state index contributed by atoms with van der Waals surface area (Å²) in [6.45, 7) is 3.14. The van der Waals surface area contributed by atoms with Crippen molar-refractivity contribution in [3.8, 4) is 0 Å². The number of nitrogens with one attached hydrogen (secondary N) is 1. The average Bonchev–Trinajstić information content (AvgIpc) is 2.41. The molecule has 0 amide bonds. The summed E-state index contributed by atoms with van der Waals surface area (Å²) in [5.41, 5.74) is 2.47. The highest BCUT2D eigenvalue weighted by atomic mass is 14.9. The Kier molecular flexibility index (Phi) is 4.28. The number of hydrogen-bond donors (Lipinski definition) is 1. The minimum absolute atomic E-state index is 0.389. The topological polar surface area (TPSA) is 24.9 Å². The third-order valence-corrected chi connectivity index (χ3v) is 2.86. The quantitative estimate of drug-likeness (QED) is 0.847. The number of rotatable bonds is 5. The highest BCUT2D eigenvalue weighted by Gasteiger charge is 2.03. The van der Waals surface area contributed by atoms with Gasteiger partial charge in [0, 0.05) is 30.9 Å². The molecule has 1 atom stereocenters. The van der Waals surface area contributed by atoms with Gasteiger partial charge in [-0.1, -0.05) is 36.4 Å². The van der Waals surface area contributed by atoms with Crippen molar-refractivity contribution in [1.82, 2.24) is 10.3 Å². The van der Waals surface area contributed by atoms with Crippen LogP contribution in [0.15, 0.2) is 54.7 Å². The molecule has 0 aliphatic heterocycles. The minimum Gasteiger partial charge on any atom is -0.310 e. The highest BCUT2D eigenvalue weighted by Crippen LogP contribution is 2.10. The minimum atomic E-state index is 0.389. The first kappa shape index (κ1) is 11.8. The molecule has 2 nitrogen and oxygen atoms in total. The predicted molar refractivity (Wildman–Crippen MR) is 70.8 cm³/mol. The lowest BCUT2D eigenvalue weighted by Crippen LogP contribution is -2.21. The van der Waals surface area contributed by atoms with E-state index in [1.54, 1.807) is 0 Å². The van der Waals surface area contributed by atoms with Crippen LogP contribution in [0.1, 0.15) is 24.2 Å². The van der Waals surface area contributed by atoms with Crippen LogP contribution in [-0.2, 0) is 6.42 Å². The van der Waals surface area contributed by atoms with E-state index < -0.39 is 0 Å². The Hall–Kier alpha value is -1.67. The fourth-order valence-electron chi connectivity index (χ4n) is 1.82. The van der Waals surface area contributed by atoms with Gasteiger partial charge in [-0.2, -0.15) is 0 Å². The molecule has 0 fully saturated rings. The van der Waals surface area contributed by atoms with E-state index in [-0.39, 0.29) is 0 Å². The molecular formula is C15H18N2. The average molecular weight is 226 g/mol. The molecule has 2 aromatic rings. The lowest BCUT2D eigenvalue weighted by molar-refractivity contribution is 0.574. The van der Waals surface area contributed by atoms with E-state index in [9.17, 15) is 0 Å². The normalized spacial score (nSPS) is 12.3. The van der Waals surface area contributed by atoms with Crippen molar-refractivity contribution < 1.29 is 0 Å². The summed E-state index contributed by atoms with van der Waals surface area (Å²) in [7, 11) is 0. The molecule has 0 aliphatic carbocycles. The fourth-order valence-corrected chi connectivity index (χ4v) is 1.82. The van der Waals surface area contributed by atoms with Crippen molar-refractivity contribution >= 4 is 0 Å². The van der Waals surface area contributed by atoms with Crippen LogP contribution in [0, 0.1) is 0 Å². The number of nitrogens with zero attached hydrogens (tertiary/aromatic N) is 1. The predicted octanol–water partition coefficient (Wildman–Crippen LogP) is 2.97. The van der Waals surface area contributed by atoms with Gasteiger partial charge < -0.3 is 5.32 Å². The Bertz CT molecular complexity index is 425.